The summed E-state index contributed by atoms with van der Waals surface area (Å²) in [5, 5.41) is 13.8. The molecule has 0 aliphatic heterocycles. The van der Waals surface area contributed by atoms with Crippen LogP contribution < -0.4 is 10.6 Å². The number of anilines is 1. The molecule has 5 heteroatoms. The van der Waals surface area contributed by atoms with E-state index in [1.807, 2.05) is 0 Å². The van der Waals surface area contributed by atoms with Crippen LogP contribution in [0.25, 0.3) is 0 Å². The lowest BCUT2D eigenvalue weighted by atomic mass is 9.97. The van der Waals surface area contributed by atoms with Gasteiger partial charge in [0.05, 0.1) is 0 Å². The van der Waals surface area contributed by atoms with Crippen molar-refractivity contribution in [2.75, 3.05) is 18.4 Å². The highest BCUT2D eigenvalue weighted by molar-refractivity contribution is 5.92. The third kappa shape index (κ3) is 5.12. The smallest absolute Gasteiger partial charge is 0.271 e. The van der Waals surface area contributed by atoms with Crippen LogP contribution in [-0.2, 0) is 0 Å². The van der Waals surface area contributed by atoms with E-state index in [2.05, 4.69) is 48.5 Å². The molecule has 0 spiro atoms. The van der Waals surface area contributed by atoms with Gasteiger partial charge in [-0.05, 0) is 24.0 Å². The van der Waals surface area contributed by atoms with Gasteiger partial charge >= 0.3 is 0 Å². The molecule has 0 bridgehead atoms. The highest BCUT2D eigenvalue weighted by atomic mass is 16.1. The molecule has 0 aliphatic carbocycles. The zero-order valence-electron chi connectivity index (χ0n) is 11.6. The average Bonchev–Trinajstić information content (AvgIpc) is 2.33. The summed E-state index contributed by atoms with van der Waals surface area (Å²) >= 11 is 0. The van der Waals surface area contributed by atoms with E-state index in [1.54, 1.807) is 12.1 Å². The molecule has 0 unspecified atom stereocenters. The first-order chi connectivity index (χ1) is 8.42. The minimum atomic E-state index is -0.181. The van der Waals surface area contributed by atoms with Crippen LogP contribution in [0, 0.1) is 5.41 Å². The van der Waals surface area contributed by atoms with E-state index in [1.165, 1.54) is 0 Å². The fourth-order valence-corrected chi connectivity index (χ4v) is 1.24. The van der Waals surface area contributed by atoms with Gasteiger partial charge < -0.3 is 10.6 Å². The maximum atomic E-state index is 11.8. The highest BCUT2D eigenvalue weighted by Gasteiger charge is 2.14. The van der Waals surface area contributed by atoms with Gasteiger partial charge in [0.2, 0.25) is 0 Å². The van der Waals surface area contributed by atoms with Gasteiger partial charge in [0.15, 0.2) is 5.69 Å². The van der Waals surface area contributed by atoms with E-state index in [-0.39, 0.29) is 11.3 Å². The van der Waals surface area contributed by atoms with E-state index >= 15 is 0 Å². The number of nitrogens with one attached hydrogen (secondary N) is 2. The summed E-state index contributed by atoms with van der Waals surface area (Å²) in [5.41, 5.74) is 0.410. The van der Waals surface area contributed by atoms with Crippen LogP contribution in [0.3, 0.4) is 0 Å². The molecule has 0 saturated carbocycles. The van der Waals surface area contributed by atoms with Gasteiger partial charge in [-0.15, -0.1) is 10.2 Å². The highest BCUT2D eigenvalue weighted by Crippen LogP contribution is 2.10. The van der Waals surface area contributed by atoms with Crippen LogP contribution >= 0.6 is 0 Å². The van der Waals surface area contributed by atoms with Crippen LogP contribution in [0.1, 0.15) is 44.6 Å². The molecule has 1 aromatic heterocycles. The molecule has 0 saturated heterocycles. The Morgan fingerprint density at radius 1 is 1.28 bits per heavy atom. The first-order valence-corrected chi connectivity index (χ1v) is 6.28. The quantitative estimate of drug-likeness (QED) is 0.839. The Labute approximate surface area is 108 Å². The Kier molecular flexibility index (Phi) is 5.07. The first-order valence-electron chi connectivity index (χ1n) is 6.28. The van der Waals surface area contributed by atoms with Crippen LogP contribution in [0.15, 0.2) is 12.1 Å². The molecule has 0 radical (unpaired) electrons. The van der Waals surface area contributed by atoms with Crippen molar-refractivity contribution in [3.63, 3.8) is 0 Å². The fraction of sp³-hybridized carbons (Fsp3) is 0.615. The molecule has 0 aromatic carbocycles. The number of carbonyl (C=O) groups is 1. The molecule has 100 valence electrons. The Bertz CT molecular complexity index is 381. The largest absolute Gasteiger partial charge is 0.369 e. The zero-order valence-corrected chi connectivity index (χ0v) is 11.6. The zero-order chi connectivity index (χ0) is 13.6. The predicted molar refractivity (Wildman–Crippen MR) is 72.6 cm³/mol. The number of nitrogens with zero attached hydrogens (tertiary/aromatic N) is 2. The van der Waals surface area contributed by atoms with Gasteiger partial charge in [-0.2, -0.15) is 0 Å². The van der Waals surface area contributed by atoms with E-state index in [4.69, 9.17) is 0 Å². The lowest BCUT2D eigenvalue weighted by Gasteiger charge is -2.18. The van der Waals surface area contributed by atoms with Gasteiger partial charge in [0.25, 0.3) is 5.91 Å². The van der Waals surface area contributed by atoms with Crippen molar-refractivity contribution in [1.82, 2.24) is 15.5 Å². The Morgan fingerprint density at radius 2 is 2.00 bits per heavy atom. The summed E-state index contributed by atoms with van der Waals surface area (Å²) in [4.78, 5) is 11.8. The molecule has 1 heterocycles. The predicted octanol–water partition coefficient (Wildman–Crippen LogP) is 2.07. The molecule has 2 N–H and O–H groups in total. The van der Waals surface area contributed by atoms with E-state index in [9.17, 15) is 4.79 Å². The van der Waals surface area contributed by atoms with Crippen molar-refractivity contribution in [3.8, 4) is 0 Å². The topological polar surface area (TPSA) is 66.9 Å². The molecular formula is C13H22N4O. The molecule has 0 fully saturated rings. The SMILES string of the molecule is CCCNc1ccc(C(=O)NCC(C)(C)C)nn1. The van der Waals surface area contributed by atoms with E-state index < -0.39 is 0 Å². The standard InChI is InChI=1S/C13H22N4O/c1-5-8-14-11-7-6-10(16-17-11)12(18)15-9-13(2,3)4/h6-7H,5,8-9H2,1-4H3,(H,14,17)(H,15,18). The number of hydrogen-bond donors (Lipinski definition) is 2. The normalized spacial score (nSPS) is 11.1. The van der Waals surface area contributed by atoms with Crippen LogP contribution in [0.5, 0.6) is 0 Å². The van der Waals surface area contributed by atoms with E-state index in [0.717, 1.165) is 13.0 Å². The van der Waals surface area contributed by atoms with Gasteiger partial charge in [-0.1, -0.05) is 27.7 Å². The minimum Gasteiger partial charge on any atom is -0.369 e. The summed E-state index contributed by atoms with van der Waals surface area (Å²) in [7, 11) is 0. The van der Waals surface area contributed by atoms with Crippen LogP contribution in [0.2, 0.25) is 0 Å². The van der Waals surface area contributed by atoms with Crippen molar-refractivity contribution >= 4 is 11.7 Å². The Hall–Kier alpha value is -1.65. The summed E-state index contributed by atoms with van der Waals surface area (Å²) < 4.78 is 0. The number of rotatable bonds is 5. The molecule has 0 aliphatic rings. The first kappa shape index (κ1) is 14.4. The monoisotopic (exact) mass is 250 g/mol. The molecular weight excluding hydrogens is 228 g/mol. The van der Waals surface area contributed by atoms with Gasteiger partial charge in [0.1, 0.15) is 5.82 Å². The summed E-state index contributed by atoms with van der Waals surface area (Å²) in [6.45, 7) is 9.74. The molecule has 0 atom stereocenters. The number of aromatic nitrogens is 2. The minimum absolute atomic E-state index is 0.0612. The third-order valence-corrected chi connectivity index (χ3v) is 2.23. The number of carbonyl (C=O) groups excluding carboxylic acids is 1. The number of amides is 1. The van der Waals surface area contributed by atoms with Crippen molar-refractivity contribution in [2.24, 2.45) is 5.41 Å². The van der Waals surface area contributed by atoms with Gasteiger partial charge in [-0.3, -0.25) is 4.79 Å². The van der Waals surface area contributed by atoms with Crippen molar-refractivity contribution < 1.29 is 4.79 Å². The van der Waals surface area contributed by atoms with Crippen molar-refractivity contribution in [2.45, 2.75) is 34.1 Å². The Morgan fingerprint density at radius 3 is 2.50 bits per heavy atom. The third-order valence-electron chi connectivity index (χ3n) is 2.23. The average molecular weight is 250 g/mol. The fourth-order valence-electron chi connectivity index (χ4n) is 1.24. The lowest BCUT2D eigenvalue weighted by Crippen LogP contribution is -2.32. The van der Waals surface area contributed by atoms with Crippen LogP contribution in [-0.4, -0.2) is 29.2 Å². The maximum Gasteiger partial charge on any atom is 0.271 e. The molecule has 1 rings (SSSR count). The van der Waals surface area contributed by atoms with Gasteiger partial charge in [0, 0.05) is 13.1 Å². The van der Waals surface area contributed by atoms with Crippen molar-refractivity contribution in [3.05, 3.63) is 17.8 Å². The lowest BCUT2D eigenvalue weighted by molar-refractivity contribution is 0.0933. The second kappa shape index (κ2) is 6.33. The summed E-state index contributed by atoms with van der Waals surface area (Å²) in [5.74, 6) is 0.517. The molecule has 1 amide bonds. The number of hydrogen-bond acceptors (Lipinski definition) is 4. The van der Waals surface area contributed by atoms with E-state index in [0.29, 0.717) is 18.1 Å². The Balaban J connectivity index is 2.54. The second-order valence-corrected chi connectivity index (χ2v) is 5.47. The van der Waals surface area contributed by atoms with Gasteiger partial charge in [-0.25, -0.2) is 0 Å². The van der Waals surface area contributed by atoms with Crippen LogP contribution in [0.4, 0.5) is 5.82 Å². The molecule has 5 nitrogen and oxygen atoms in total. The second-order valence-electron chi connectivity index (χ2n) is 5.47. The van der Waals surface area contributed by atoms with Crippen molar-refractivity contribution in [1.29, 1.82) is 0 Å². The summed E-state index contributed by atoms with van der Waals surface area (Å²) in [6, 6.07) is 3.46. The molecule has 1 aromatic rings. The molecule has 18 heavy (non-hydrogen) atoms. The maximum absolute atomic E-state index is 11.8. The summed E-state index contributed by atoms with van der Waals surface area (Å²) in [6.07, 6.45) is 1.02.